The summed E-state index contributed by atoms with van der Waals surface area (Å²) in [6.45, 7) is 5.45. The molecule has 0 aliphatic heterocycles. The second-order valence-corrected chi connectivity index (χ2v) is 6.30. The van der Waals surface area contributed by atoms with Crippen LogP contribution in [-0.4, -0.2) is 20.5 Å². The Hall–Kier alpha value is -0.690. The second-order valence-electron chi connectivity index (χ2n) is 4.68. The fourth-order valence-corrected chi connectivity index (χ4v) is 3.88. The summed E-state index contributed by atoms with van der Waals surface area (Å²) in [5.74, 6) is -0.745. The van der Waals surface area contributed by atoms with Crippen LogP contribution in [0.25, 0.3) is 0 Å². The first-order valence-electron chi connectivity index (χ1n) is 6.31. The van der Waals surface area contributed by atoms with E-state index in [1.54, 1.807) is 13.0 Å². The molecule has 116 valence electrons. The van der Waals surface area contributed by atoms with Gasteiger partial charge in [0.25, 0.3) is 0 Å². The highest BCUT2D eigenvalue weighted by atomic mass is 35.5. The lowest BCUT2D eigenvalue weighted by Crippen LogP contribution is -2.52. The standard InChI is InChI=1S/C13H21FN2O2S.ClH/c1-4-13(5-2,9-15)16-19(17,18)12-10(3)7-6-8-11(12)14;/h6-8,16H,4-5,9,15H2,1-3H3;1H. The number of halogens is 2. The summed E-state index contributed by atoms with van der Waals surface area (Å²) in [7, 11) is -3.92. The SMILES string of the molecule is CCC(CC)(CN)NS(=O)(=O)c1c(C)cccc1F.Cl. The van der Waals surface area contributed by atoms with Crippen LogP contribution in [0.3, 0.4) is 0 Å². The molecule has 0 unspecified atom stereocenters. The van der Waals surface area contributed by atoms with Crippen molar-refractivity contribution in [1.82, 2.24) is 4.72 Å². The fourth-order valence-electron chi connectivity index (χ4n) is 2.02. The molecule has 0 amide bonds. The number of hydrogen-bond donors (Lipinski definition) is 2. The van der Waals surface area contributed by atoms with Gasteiger partial charge in [0.2, 0.25) is 10.0 Å². The molecular formula is C13H22ClFN2O2S. The van der Waals surface area contributed by atoms with Gasteiger partial charge < -0.3 is 5.73 Å². The normalized spacial score (nSPS) is 12.1. The van der Waals surface area contributed by atoms with Gasteiger partial charge in [0.05, 0.1) is 0 Å². The van der Waals surface area contributed by atoms with Crippen molar-refractivity contribution < 1.29 is 12.8 Å². The van der Waals surface area contributed by atoms with E-state index in [1.807, 2.05) is 13.8 Å². The lowest BCUT2D eigenvalue weighted by Gasteiger charge is -2.31. The first-order valence-corrected chi connectivity index (χ1v) is 7.79. The van der Waals surface area contributed by atoms with Crippen molar-refractivity contribution in [1.29, 1.82) is 0 Å². The van der Waals surface area contributed by atoms with Crippen LogP contribution in [0.4, 0.5) is 4.39 Å². The molecule has 0 bridgehead atoms. The van der Waals surface area contributed by atoms with Crippen LogP contribution >= 0.6 is 12.4 Å². The molecule has 3 N–H and O–H groups in total. The molecule has 0 aliphatic carbocycles. The number of aryl methyl sites for hydroxylation is 1. The van der Waals surface area contributed by atoms with Crippen molar-refractivity contribution in [2.75, 3.05) is 6.54 Å². The minimum Gasteiger partial charge on any atom is -0.329 e. The highest BCUT2D eigenvalue weighted by molar-refractivity contribution is 7.89. The predicted molar refractivity (Wildman–Crippen MR) is 81.1 cm³/mol. The molecule has 0 spiro atoms. The molecule has 0 fully saturated rings. The van der Waals surface area contributed by atoms with Gasteiger partial charge in [0, 0.05) is 12.1 Å². The van der Waals surface area contributed by atoms with Crippen molar-refractivity contribution >= 4 is 22.4 Å². The first-order chi connectivity index (χ1) is 8.82. The van der Waals surface area contributed by atoms with Crippen LogP contribution < -0.4 is 10.5 Å². The molecule has 0 heterocycles. The molecule has 0 saturated heterocycles. The summed E-state index contributed by atoms with van der Waals surface area (Å²) in [6.07, 6.45) is 1.10. The van der Waals surface area contributed by atoms with Crippen LogP contribution in [0.15, 0.2) is 23.1 Å². The zero-order valence-corrected chi connectivity index (χ0v) is 13.6. The van der Waals surface area contributed by atoms with E-state index in [1.165, 1.54) is 6.07 Å². The van der Waals surface area contributed by atoms with Gasteiger partial charge in [-0.05, 0) is 31.4 Å². The monoisotopic (exact) mass is 324 g/mol. The lowest BCUT2D eigenvalue weighted by atomic mass is 9.95. The number of hydrogen-bond acceptors (Lipinski definition) is 3. The molecular weight excluding hydrogens is 303 g/mol. The van der Waals surface area contributed by atoms with Gasteiger partial charge in [-0.3, -0.25) is 0 Å². The van der Waals surface area contributed by atoms with E-state index < -0.39 is 21.4 Å². The fraction of sp³-hybridized carbons (Fsp3) is 0.538. The van der Waals surface area contributed by atoms with E-state index in [0.717, 1.165) is 6.07 Å². The molecule has 1 rings (SSSR count). The number of nitrogens with one attached hydrogen (secondary N) is 1. The summed E-state index contributed by atoms with van der Waals surface area (Å²) in [5.41, 5.74) is 5.32. The van der Waals surface area contributed by atoms with Crippen LogP contribution in [0.2, 0.25) is 0 Å². The van der Waals surface area contributed by atoms with Crippen LogP contribution in [0, 0.1) is 12.7 Å². The van der Waals surface area contributed by atoms with E-state index >= 15 is 0 Å². The van der Waals surface area contributed by atoms with Crippen molar-refractivity contribution in [2.24, 2.45) is 5.73 Å². The zero-order valence-electron chi connectivity index (χ0n) is 11.9. The predicted octanol–water partition coefficient (Wildman–Crippen LogP) is 2.35. The maximum atomic E-state index is 13.8. The highest BCUT2D eigenvalue weighted by Gasteiger charge is 2.32. The van der Waals surface area contributed by atoms with Crippen LogP contribution in [0.1, 0.15) is 32.3 Å². The zero-order chi connectivity index (χ0) is 14.7. The average molecular weight is 325 g/mol. The van der Waals surface area contributed by atoms with Gasteiger partial charge in [-0.1, -0.05) is 26.0 Å². The molecule has 4 nitrogen and oxygen atoms in total. The summed E-state index contributed by atoms with van der Waals surface area (Å²) in [5, 5.41) is 0. The number of benzene rings is 1. The Labute approximate surface area is 126 Å². The number of sulfonamides is 1. The molecule has 1 aromatic carbocycles. The molecule has 0 aliphatic rings. The van der Waals surface area contributed by atoms with E-state index in [9.17, 15) is 12.8 Å². The Morgan fingerprint density at radius 2 is 1.85 bits per heavy atom. The van der Waals surface area contributed by atoms with E-state index in [2.05, 4.69) is 4.72 Å². The topological polar surface area (TPSA) is 72.2 Å². The number of rotatable bonds is 6. The average Bonchev–Trinajstić information content (AvgIpc) is 2.35. The van der Waals surface area contributed by atoms with Gasteiger partial charge >= 0.3 is 0 Å². The third-order valence-electron chi connectivity index (χ3n) is 3.53. The summed E-state index contributed by atoms with van der Waals surface area (Å²) < 4.78 is 41.1. The summed E-state index contributed by atoms with van der Waals surface area (Å²) in [6, 6.07) is 4.20. The Morgan fingerprint density at radius 1 is 1.30 bits per heavy atom. The van der Waals surface area contributed by atoms with Gasteiger partial charge in [-0.2, -0.15) is 0 Å². The number of nitrogens with two attached hydrogens (primary N) is 1. The Kier molecular flexibility index (Phi) is 7.10. The molecule has 7 heteroatoms. The molecule has 0 atom stereocenters. The molecule has 1 aromatic rings. The van der Waals surface area contributed by atoms with Crippen LogP contribution in [0.5, 0.6) is 0 Å². The molecule has 0 aromatic heterocycles. The van der Waals surface area contributed by atoms with E-state index in [0.29, 0.717) is 18.4 Å². The van der Waals surface area contributed by atoms with Crippen molar-refractivity contribution in [3.63, 3.8) is 0 Å². The third-order valence-corrected chi connectivity index (χ3v) is 5.28. The largest absolute Gasteiger partial charge is 0.329 e. The maximum Gasteiger partial charge on any atom is 0.244 e. The van der Waals surface area contributed by atoms with Gasteiger partial charge in [0.1, 0.15) is 10.7 Å². The van der Waals surface area contributed by atoms with Crippen molar-refractivity contribution in [2.45, 2.75) is 44.0 Å². The maximum absolute atomic E-state index is 13.8. The van der Waals surface area contributed by atoms with E-state index in [-0.39, 0.29) is 23.8 Å². The van der Waals surface area contributed by atoms with Gasteiger partial charge in [0.15, 0.2) is 0 Å². The summed E-state index contributed by atoms with van der Waals surface area (Å²) >= 11 is 0. The Bertz CT molecular complexity index is 517. The first kappa shape index (κ1) is 19.3. The van der Waals surface area contributed by atoms with Gasteiger partial charge in [-0.25, -0.2) is 17.5 Å². The summed E-state index contributed by atoms with van der Waals surface area (Å²) in [4.78, 5) is -0.297. The smallest absolute Gasteiger partial charge is 0.244 e. The minimum atomic E-state index is -3.92. The third kappa shape index (κ3) is 3.91. The molecule has 20 heavy (non-hydrogen) atoms. The lowest BCUT2D eigenvalue weighted by molar-refractivity contribution is 0.362. The second kappa shape index (κ2) is 7.36. The molecule has 0 radical (unpaired) electrons. The van der Waals surface area contributed by atoms with Crippen molar-refractivity contribution in [3.8, 4) is 0 Å². The minimum absolute atomic E-state index is 0. The Morgan fingerprint density at radius 3 is 2.25 bits per heavy atom. The quantitative estimate of drug-likeness (QED) is 0.843. The van der Waals surface area contributed by atoms with Crippen molar-refractivity contribution in [3.05, 3.63) is 29.6 Å². The van der Waals surface area contributed by atoms with Crippen LogP contribution in [-0.2, 0) is 10.0 Å². The highest BCUT2D eigenvalue weighted by Crippen LogP contribution is 2.23. The molecule has 0 saturated carbocycles. The van der Waals surface area contributed by atoms with Gasteiger partial charge in [-0.15, -0.1) is 12.4 Å². The Balaban J connectivity index is 0.00000361. The van der Waals surface area contributed by atoms with E-state index in [4.69, 9.17) is 5.73 Å².